The predicted molar refractivity (Wildman–Crippen MR) is 82.6 cm³/mol. The van der Waals surface area contributed by atoms with Crippen LogP contribution >= 0.6 is 0 Å². The smallest absolute Gasteiger partial charge is 0.148 e. The summed E-state index contributed by atoms with van der Waals surface area (Å²) in [6.45, 7) is 3.00. The molecule has 6 heteroatoms. The first kappa shape index (κ1) is 15.0. The van der Waals surface area contributed by atoms with Crippen LogP contribution in [0.15, 0.2) is 6.33 Å². The Bertz CT molecular complexity index is 439. The average Bonchev–Trinajstić information content (AvgIpc) is 2.94. The highest BCUT2D eigenvalue weighted by atomic mass is 15.3. The molecule has 0 spiro atoms. The van der Waals surface area contributed by atoms with Crippen LogP contribution in [-0.4, -0.2) is 41.0 Å². The van der Waals surface area contributed by atoms with Crippen molar-refractivity contribution in [1.82, 2.24) is 14.9 Å². The van der Waals surface area contributed by atoms with Crippen molar-refractivity contribution in [2.45, 2.75) is 44.6 Å². The van der Waals surface area contributed by atoms with Crippen LogP contribution in [0.1, 0.15) is 38.2 Å². The van der Waals surface area contributed by atoms with Gasteiger partial charge in [-0.15, -0.1) is 0 Å². The fraction of sp³-hybridized carbons (Fsp3) is 0.714. The zero-order chi connectivity index (χ0) is 14.6. The van der Waals surface area contributed by atoms with E-state index in [0.29, 0.717) is 5.82 Å². The summed E-state index contributed by atoms with van der Waals surface area (Å²) in [6, 6.07) is 0. The largest absolute Gasteiger partial charge is 0.368 e. The summed E-state index contributed by atoms with van der Waals surface area (Å²) in [5.74, 6) is 7.11. The van der Waals surface area contributed by atoms with E-state index in [2.05, 4.69) is 46.6 Å². The number of hydrazine groups is 1. The molecule has 0 radical (unpaired) electrons. The van der Waals surface area contributed by atoms with Gasteiger partial charge in [-0.1, -0.05) is 19.8 Å². The SMILES string of the molecule is CCc1c(NN)ncnc1NCC1(N(C)C)CCCC1. The highest BCUT2D eigenvalue weighted by Gasteiger charge is 2.35. The summed E-state index contributed by atoms with van der Waals surface area (Å²) in [6.07, 6.45) is 7.48. The highest BCUT2D eigenvalue weighted by molar-refractivity contribution is 5.57. The third-order valence-corrected chi connectivity index (χ3v) is 4.50. The number of anilines is 2. The van der Waals surface area contributed by atoms with Crippen molar-refractivity contribution in [1.29, 1.82) is 0 Å². The Labute approximate surface area is 121 Å². The fourth-order valence-corrected chi connectivity index (χ4v) is 3.09. The maximum Gasteiger partial charge on any atom is 0.148 e. The van der Waals surface area contributed by atoms with Crippen LogP contribution in [0.4, 0.5) is 11.6 Å². The Morgan fingerprint density at radius 1 is 1.25 bits per heavy atom. The molecule has 20 heavy (non-hydrogen) atoms. The predicted octanol–water partition coefficient (Wildman–Crippen LogP) is 1.61. The van der Waals surface area contributed by atoms with Crippen LogP contribution in [0.2, 0.25) is 0 Å². The second-order valence-electron chi connectivity index (χ2n) is 5.73. The van der Waals surface area contributed by atoms with Gasteiger partial charge < -0.3 is 15.6 Å². The van der Waals surface area contributed by atoms with Gasteiger partial charge in [0.25, 0.3) is 0 Å². The Kier molecular flexibility index (Phi) is 4.77. The number of likely N-dealkylation sites (N-methyl/N-ethyl adjacent to an activating group) is 1. The molecular formula is C14H26N6. The molecule has 2 rings (SSSR count). The maximum atomic E-state index is 5.51. The molecule has 1 fully saturated rings. The molecule has 6 nitrogen and oxygen atoms in total. The molecule has 4 N–H and O–H groups in total. The number of nitrogens with zero attached hydrogens (tertiary/aromatic N) is 3. The molecule has 1 aromatic heterocycles. The Morgan fingerprint density at radius 2 is 1.90 bits per heavy atom. The topological polar surface area (TPSA) is 79.1 Å². The number of nitrogens with two attached hydrogens (primary N) is 1. The first-order valence-electron chi connectivity index (χ1n) is 7.35. The van der Waals surface area contributed by atoms with Gasteiger partial charge in [-0.2, -0.15) is 0 Å². The van der Waals surface area contributed by atoms with Crippen LogP contribution in [0.25, 0.3) is 0 Å². The second-order valence-corrected chi connectivity index (χ2v) is 5.73. The van der Waals surface area contributed by atoms with Crippen LogP contribution in [0.5, 0.6) is 0 Å². The van der Waals surface area contributed by atoms with Gasteiger partial charge in [-0.25, -0.2) is 15.8 Å². The van der Waals surface area contributed by atoms with Crippen molar-refractivity contribution in [2.75, 3.05) is 31.4 Å². The first-order valence-corrected chi connectivity index (χ1v) is 7.35. The summed E-state index contributed by atoms with van der Waals surface area (Å²) >= 11 is 0. The van der Waals surface area contributed by atoms with E-state index in [1.54, 1.807) is 6.33 Å². The van der Waals surface area contributed by atoms with Crippen molar-refractivity contribution in [3.63, 3.8) is 0 Å². The molecule has 1 aromatic rings. The third kappa shape index (κ3) is 2.86. The number of rotatable bonds is 6. The minimum Gasteiger partial charge on any atom is -0.368 e. The highest BCUT2D eigenvalue weighted by Crippen LogP contribution is 2.34. The molecule has 0 amide bonds. The van der Waals surface area contributed by atoms with Gasteiger partial charge in [0.1, 0.15) is 18.0 Å². The van der Waals surface area contributed by atoms with Gasteiger partial charge in [-0.3, -0.25) is 0 Å². The maximum absolute atomic E-state index is 5.51. The zero-order valence-corrected chi connectivity index (χ0v) is 12.7. The summed E-state index contributed by atoms with van der Waals surface area (Å²) < 4.78 is 0. The second kappa shape index (κ2) is 6.37. The summed E-state index contributed by atoms with van der Waals surface area (Å²) in [7, 11) is 4.33. The fourth-order valence-electron chi connectivity index (χ4n) is 3.09. The minimum absolute atomic E-state index is 0.242. The van der Waals surface area contributed by atoms with Gasteiger partial charge >= 0.3 is 0 Å². The van der Waals surface area contributed by atoms with E-state index in [-0.39, 0.29) is 5.54 Å². The normalized spacial score (nSPS) is 17.4. The molecule has 1 heterocycles. The van der Waals surface area contributed by atoms with Crippen molar-refractivity contribution in [3.8, 4) is 0 Å². The Morgan fingerprint density at radius 3 is 2.45 bits per heavy atom. The van der Waals surface area contributed by atoms with Crippen molar-refractivity contribution in [3.05, 3.63) is 11.9 Å². The summed E-state index contributed by atoms with van der Waals surface area (Å²) in [5.41, 5.74) is 3.93. The van der Waals surface area contributed by atoms with E-state index in [1.807, 2.05) is 0 Å². The summed E-state index contributed by atoms with van der Waals surface area (Å²) in [5, 5.41) is 3.51. The van der Waals surface area contributed by atoms with Gasteiger partial charge in [0, 0.05) is 17.6 Å². The molecule has 0 aliphatic heterocycles. The molecule has 0 aromatic carbocycles. The average molecular weight is 278 g/mol. The van der Waals surface area contributed by atoms with Crippen LogP contribution in [0.3, 0.4) is 0 Å². The Hall–Kier alpha value is -1.40. The molecule has 0 atom stereocenters. The van der Waals surface area contributed by atoms with Crippen LogP contribution in [0, 0.1) is 0 Å². The van der Waals surface area contributed by atoms with Gasteiger partial charge in [-0.05, 0) is 33.4 Å². The molecule has 1 saturated carbocycles. The molecule has 0 saturated heterocycles. The molecule has 0 bridgehead atoms. The van der Waals surface area contributed by atoms with E-state index in [0.717, 1.165) is 24.3 Å². The van der Waals surface area contributed by atoms with Gasteiger partial charge in [0.2, 0.25) is 0 Å². The number of aromatic nitrogens is 2. The van der Waals surface area contributed by atoms with E-state index in [9.17, 15) is 0 Å². The molecule has 0 unspecified atom stereocenters. The Balaban J connectivity index is 2.14. The number of nitrogens with one attached hydrogen (secondary N) is 2. The number of nitrogen functional groups attached to an aromatic ring is 1. The van der Waals surface area contributed by atoms with Crippen molar-refractivity contribution < 1.29 is 0 Å². The third-order valence-electron chi connectivity index (χ3n) is 4.50. The monoisotopic (exact) mass is 278 g/mol. The van der Waals surface area contributed by atoms with E-state index in [4.69, 9.17) is 5.84 Å². The zero-order valence-electron chi connectivity index (χ0n) is 12.7. The lowest BCUT2D eigenvalue weighted by Gasteiger charge is -2.36. The molecule has 1 aliphatic rings. The lowest BCUT2D eigenvalue weighted by atomic mass is 9.96. The number of hydrogen-bond acceptors (Lipinski definition) is 6. The standard InChI is InChI=1S/C14H26N6/c1-4-11-12(17-10-18-13(11)19-15)16-9-14(20(2)3)7-5-6-8-14/h10H,4-9,15H2,1-3H3,(H2,16,17,18,19). The van der Waals surface area contributed by atoms with Gasteiger partial charge in [0.05, 0.1) is 0 Å². The van der Waals surface area contributed by atoms with Gasteiger partial charge in [0.15, 0.2) is 0 Å². The van der Waals surface area contributed by atoms with E-state index < -0.39 is 0 Å². The van der Waals surface area contributed by atoms with Crippen LogP contribution < -0.4 is 16.6 Å². The molecule has 1 aliphatic carbocycles. The van der Waals surface area contributed by atoms with Crippen molar-refractivity contribution in [2.24, 2.45) is 5.84 Å². The lowest BCUT2D eigenvalue weighted by molar-refractivity contribution is 0.172. The van der Waals surface area contributed by atoms with E-state index >= 15 is 0 Å². The summed E-state index contributed by atoms with van der Waals surface area (Å²) in [4.78, 5) is 10.9. The quantitative estimate of drug-likeness (QED) is 0.542. The number of hydrogen-bond donors (Lipinski definition) is 3. The minimum atomic E-state index is 0.242. The molecular weight excluding hydrogens is 252 g/mol. The van der Waals surface area contributed by atoms with E-state index in [1.165, 1.54) is 25.7 Å². The lowest BCUT2D eigenvalue weighted by Crippen LogP contribution is -2.47. The van der Waals surface area contributed by atoms with Crippen molar-refractivity contribution >= 4 is 11.6 Å². The first-order chi connectivity index (χ1) is 9.63. The molecule has 112 valence electrons. The van der Waals surface area contributed by atoms with Crippen LogP contribution in [-0.2, 0) is 6.42 Å².